The standard InChI is InChI=1S/C21H26N2O5/c1-11(24)21(26)10-23-8-7-20-12-5-4-6-14(27-2)17(12)22-18(20)16(19(25)28-3)13(21)9-15(20)23/h4-6,11,13,15,22,24,26H,7-10H2,1-3H3. The first-order valence-electron chi connectivity index (χ1n) is 9.80. The number of nitrogens with one attached hydrogen (secondary N) is 1. The van der Waals surface area contributed by atoms with E-state index < -0.39 is 23.6 Å². The van der Waals surface area contributed by atoms with E-state index in [0.717, 1.165) is 35.7 Å². The molecule has 0 amide bonds. The number of hydrogen-bond donors (Lipinski definition) is 3. The molecule has 7 heteroatoms. The van der Waals surface area contributed by atoms with Gasteiger partial charge in [0.05, 0.1) is 37.0 Å². The minimum atomic E-state index is -1.40. The van der Waals surface area contributed by atoms with Crippen LogP contribution in [0.4, 0.5) is 5.69 Å². The average Bonchev–Trinajstić information content (AvgIpc) is 3.24. The first-order chi connectivity index (χ1) is 13.4. The van der Waals surface area contributed by atoms with Crippen LogP contribution in [0.15, 0.2) is 29.5 Å². The zero-order chi connectivity index (χ0) is 19.8. The number of nitrogens with zero attached hydrogens (tertiary/aromatic N) is 1. The van der Waals surface area contributed by atoms with Crippen molar-refractivity contribution in [3.05, 3.63) is 35.0 Å². The maximum absolute atomic E-state index is 12.9. The van der Waals surface area contributed by atoms with Gasteiger partial charge in [0.2, 0.25) is 0 Å². The minimum absolute atomic E-state index is 0.154. The molecule has 28 heavy (non-hydrogen) atoms. The molecule has 3 heterocycles. The van der Waals surface area contributed by atoms with Crippen molar-refractivity contribution < 1.29 is 24.5 Å². The Balaban J connectivity index is 1.81. The van der Waals surface area contributed by atoms with Crippen molar-refractivity contribution in [1.82, 2.24) is 4.90 Å². The van der Waals surface area contributed by atoms with E-state index in [-0.39, 0.29) is 11.5 Å². The lowest BCUT2D eigenvalue weighted by Gasteiger charge is -2.54. The summed E-state index contributed by atoms with van der Waals surface area (Å²) in [5.74, 6) is -0.205. The molecule has 5 rings (SSSR count). The summed E-state index contributed by atoms with van der Waals surface area (Å²) in [6, 6.07) is 6.15. The number of hydrogen-bond acceptors (Lipinski definition) is 7. The van der Waals surface area contributed by atoms with Crippen molar-refractivity contribution in [2.75, 3.05) is 32.6 Å². The van der Waals surface area contributed by atoms with Crippen molar-refractivity contribution in [2.45, 2.75) is 42.9 Å². The Hall–Kier alpha value is -2.09. The number of fused-ring (bicyclic) bond motifs is 2. The van der Waals surface area contributed by atoms with Gasteiger partial charge in [0.15, 0.2) is 0 Å². The number of rotatable bonds is 3. The van der Waals surface area contributed by atoms with Crippen LogP contribution < -0.4 is 10.1 Å². The molecule has 5 atom stereocenters. The lowest BCUT2D eigenvalue weighted by Crippen LogP contribution is -2.66. The lowest BCUT2D eigenvalue weighted by molar-refractivity contribution is -0.157. The number of carbonyl (C=O) groups is 1. The molecule has 150 valence electrons. The third-order valence-electron chi connectivity index (χ3n) is 7.49. The smallest absolute Gasteiger partial charge is 0.335 e. The van der Waals surface area contributed by atoms with Crippen LogP contribution in [0.2, 0.25) is 0 Å². The van der Waals surface area contributed by atoms with Gasteiger partial charge in [-0.05, 0) is 37.9 Å². The van der Waals surface area contributed by atoms with Gasteiger partial charge in [0.25, 0.3) is 0 Å². The fourth-order valence-corrected chi connectivity index (χ4v) is 6.16. The highest BCUT2D eigenvalue weighted by Gasteiger charge is 2.67. The Morgan fingerprint density at radius 2 is 2.18 bits per heavy atom. The quantitative estimate of drug-likeness (QED) is 0.668. The molecule has 0 saturated carbocycles. The van der Waals surface area contributed by atoms with Crippen molar-refractivity contribution in [1.29, 1.82) is 0 Å². The first kappa shape index (κ1) is 18.0. The van der Waals surface area contributed by atoms with E-state index in [1.807, 2.05) is 12.1 Å². The zero-order valence-electron chi connectivity index (χ0n) is 16.4. The molecule has 3 N–H and O–H groups in total. The predicted octanol–water partition coefficient (Wildman–Crippen LogP) is 1.01. The van der Waals surface area contributed by atoms with Crippen LogP contribution in [0, 0.1) is 5.92 Å². The number of para-hydroxylation sites is 1. The molecule has 1 aliphatic carbocycles. The Labute approximate surface area is 163 Å². The summed E-state index contributed by atoms with van der Waals surface area (Å²) in [6.07, 6.45) is 0.474. The van der Waals surface area contributed by atoms with Crippen LogP contribution in [0.3, 0.4) is 0 Å². The highest BCUT2D eigenvalue weighted by Crippen LogP contribution is 2.63. The normalized spacial score (nSPS) is 36.5. The van der Waals surface area contributed by atoms with Crippen LogP contribution >= 0.6 is 0 Å². The lowest BCUT2D eigenvalue weighted by atomic mass is 9.58. The van der Waals surface area contributed by atoms with E-state index in [1.54, 1.807) is 14.0 Å². The third-order valence-corrected chi connectivity index (χ3v) is 7.49. The largest absolute Gasteiger partial charge is 0.495 e. The van der Waals surface area contributed by atoms with Gasteiger partial charge in [-0.15, -0.1) is 0 Å². The van der Waals surface area contributed by atoms with Crippen LogP contribution in [0.5, 0.6) is 5.75 Å². The number of benzene rings is 1. The van der Waals surface area contributed by atoms with Crippen molar-refractivity contribution in [3.8, 4) is 5.75 Å². The SMILES string of the molecule is COC(=O)C1=C2Nc3c(OC)cccc3C23CCN2CC(O)(C(C)O)C1CC23. The summed E-state index contributed by atoms with van der Waals surface area (Å²) in [7, 11) is 3.00. The van der Waals surface area contributed by atoms with Crippen LogP contribution in [0.25, 0.3) is 0 Å². The fraction of sp³-hybridized carbons (Fsp3) is 0.571. The number of aliphatic hydroxyl groups excluding tert-OH is 1. The third kappa shape index (κ3) is 1.92. The van der Waals surface area contributed by atoms with Crippen LogP contribution in [-0.4, -0.2) is 66.1 Å². The van der Waals surface area contributed by atoms with Crippen molar-refractivity contribution >= 4 is 11.7 Å². The number of carbonyl (C=O) groups excluding carboxylic acids is 1. The molecular weight excluding hydrogens is 360 g/mol. The highest BCUT2D eigenvalue weighted by molar-refractivity contribution is 5.94. The Bertz CT molecular complexity index is 897. The van der Waals surface area contributed by atoms with Crippen molar-refractivity contribution in [3.63, 3.8) is 0 Å². The molecule has 3 aliphatic heterocycles. The molecule has 2 fully saturated rings. The molecule has 5 unspecified atom stereocenters. The van der Waals surface area contributed by atoms with Gasteiger partial charge < -0.3 is 25.0 Å². The first-order valence-corrected chi connectivity index (χ1v) is 9.80. The number of aliphatic hydroxyl groups is 2. The number of anilines is 1. The Kier molecular flexibility index (Phi) is 3.67. The van der Waals surface area contributed by atoms with E-state index in [1.165, 1.54) is 7.11 Å². The minimum Gasteiger partial charge on any atom is -0.495 e. The average molecular weight is 386 g/mol. The molecule has 1 aromatic rings. The summed E-state index contributed by atoms with van der Waals surface area (Å²) in [6.45, 7) is 2.73. The van der Waals surface area contributed by atoms with Gasteiger partial charge in [-0.25, -0.2) is 4.79 Å². The Morgan fingerprint density at radius 3 is 2.86 bits per heavy atom. The van der Waals surface area contributed by atoms with Gasteiger partial charge >= 0.3 is 5.97 Å². The van der Waals surface area contributed by atoms with E-state index in [0.29, 0.717) is 18.5 Å². The summed E-state index contributed by atoms with van der Waals surface area (Å²) >= 11 is 0. The topological polar surface area (TPSA) is 91.3 Å². The predicted molar refractivity (Wildman–Crippen MR) is 102 cm³/mol. The molecule has 1 aromatic carbocycles. The second-order valence-electron chi connectivity index (χ2n) is 8.45. The molecule has 7 nitrogen and oxygen atoms in total. The van der Waals surface area contributed by atoms with Gasteiger partial charge in [-0.3, -0.25) is 4.90 Å². The van der Waals surface area contributed by atoms with Crippen molar-refractivity contribution in [2.24, 2.45) is 5.92 Å². The number of esters is 1. The molecular formula is C21H26N2O5. The van der Waals surface area contributed by atoms with E-state index in [2.05, 4.69) is 16.3 Å². The second kappa shape index (κ2) is 5.72. The number of piperidine rings is 1. The summed E-state index contributed by atoms with van der Waals surface area (Å²) in [5.41, 5.74) is 1.55. The molecule has 0 radical (unpaired) electrons. The van der Waals surface area contributed by atoms with E-state index in [4.69, 9.17) is 9.47 Å². The highest BCUT2D eigenvalue weighted by atomic mass is 16.5. The number of ether oxygens (including phenoxy) is 2. The summed E-state index contributed by atoms with van der Waals surface area (Å²) in [4.78, 5) is 15.2. The maximum atomic E-state index is 12.9. The molecule has 0 aromatic heterocycles. The Morgan fingerprint density at radius 1 is 1.39 bits per heavy atom. The molecule has 1 spiro atoms. The molecule has 2 saturated heterocycles. The fourth-order valence-electron chi connectivity index (χ4n) is 6.16. The summed E-state index contributed by atoms with van der Waals surface area (Å²) in [5, 5.41) is 25.4. The van der Waals surface area contributed by atoms with Crippen LogP contribution in [-0.2, 0) is 14.9 Å². The molecule has 4 aliphatic rings. The van der Waals surface area contributed by atoms with Gasteiger partial charge in [-0.2, -0.15) is 0 Å². The van der Waals surface area contributed by atoms with Crippen LogP contribution in [0.1, 0.15) is 25.3 Å². The second-order valence-corrected chi connectivity index (χ2v) is 8.45. The zero-order valence-corrected chi connectivity index (χ0v) is 16.4. The number of methoxy groups -OCH3 is 2. The van der Waals surface area contributed by atoms with E-state index >= 15 is 0 Å². The van der Waals surface area contributed by atoms with Gasteiger partial charge in [0.1, 0.15) is 11.4 Å². The van der Waals surface area contributed by atoms with Gasteiger partial charge in [-0.1, -0.05) is 12.1 Å². The van der Waals surface area contributed by atoms with Gasteiger partial charge in [0, 0.05) is 24.2 Å². The monoisotopic (exact) mass is 386 g/mol. The maximum Gasteiger partial charge on any atom is 0.335 e. The van der Waals surface area contributed by atoms with E-state index in [9.17, 15) is 15.0 Å². The summed E-state index contributed by atoms with van der Waals surface area (Å²) < 4.78 is 10.7. The molecule has 2 bridgehead atoms.